The van der Waals surface area contributed by atoms with Crippen LogP contribution >= 0.6 is 0 Å². The molecule has 0 heterocycles. The highest BCUT2D eigenvalue weighted by atomic mass is 19.3. The number of rotatable bonds is 2. The smallest absolute Gasteiger partial charge is 0.207 e. The van der Waals surface area contributed by atoms with Gasteiger partial charge < -0.3 is 0 Å². The van der Waals surface area contributed by atoms with E-state index in [1.165, 1.54) is 0 Å². The molecule has 0 aromatic carbocycles. The zero-order valence-corrected chi connectivity index (χ0v) is 8.16. The highest BCUT2D eigenvalue weighted by Gasteiger charge is 2.44. The van der Waals surface area contributed by atoms with E-state index < -0.39 is 5.92 Å². The number of alkyl halides is 2. The van der Waals surface area contributed by atoms with Crippen molar-refractivity contribution in [3.05, 3.63) is 0 Å². The van der Waals surface area contributed by atoms with Crippen LogP contribution in [0.4, 0.5) is 8.78 Å². The maximum atomic E-state index is 12.9. The van der Waals surface area contributed by atoms with Crippen molar-refractivity contribution in [1.29, 1.82) is 0 Å². The van der Waals surface area contributed by atoms with Crippen LogP contribution in [-0.4, -0.2) is 5.92 Å². The Balaban J connectivity index is 2.58. The number of hydrogen-bond donors (Lipinski definition) is 0. The van der Waals surface area contributed by atoms with E-state index in [9.17, 15) is 8.78 Å². The van der Waals surface area contributed by atoms with Crippen LogP contribution in [0.3, 0.4) is 0 Å². The van der Waals surface area contributed by atoms with E-state index in [2.05, 4.69) is 20.8 Å². The molecule has 0 spiro atoms. The first-order valence-electron chi connectivity index (χ1n) is 4.75. The van der Waals surface area contributed by atoms with E-state index in [1.807, 2.05) is 0 Å². The molecule has 1 aliphatic rings. The third kappa shape index (κ3) is 1.96. The van der Waals surface area contributed by atoms with Gasteiger partial charge in [0, 0.05) is 12.8 Å². The van der Waals surface area contributed by atoms with E-state index in [0.717, 1.165) is 6.42 Å². The fourth-order valence-corrected chi connectivity index (χ4v) is 1.91. The van der Waals surface area contributed by atoms with Gasteiger partial charge in [0.1, 0.15) is 0 Å². The summed E-state index contributed by atoms with van der Waals surface area (Å²) in [6.07, 6.45) is 1.90. The zero-order valence-electron chi connectivity index (χ0n) is 8.16. The molecular weight excluding hydrogens is 158 g/mol. The fraction of sp³-hybridized carbons (Fsp3) is 1.00. The largest absolute Gasteiger partial charge is 0.248 e. The molecule has 1 saturated carbocycles. The molecule has 1 rings (SSSR count). The Morgan fingerprint density at radius 1 is 1.42 bits per heavy atom. The molecule has 0 bridgehead atoms. The van der Waals surface area contributed by atoms with Crippen LogP contribution in [0.1, 0.15) is 46.5 Å². The Morgan fingerprint density at radius 2 is 2.00 bits per heavy atom. The second-order valence-corrected chi connectivity index (χ2v) is 4.64. The average molecular weight is 176 g/mol. The van der Waals surface area contributed by atoms with E-state index >= 15 is 0 Å². The Hall–Kier alpha value is -0.140. The molecule has 0 N–H and O–H groups in total. The lowest BCUT2D eigenvalue weighted by Crippen LogP contribution is -2.22. The molecule has 0 aromatic heterocycles. The second-order valence-electron chi connectivity index (χ2n) is 4.64. The topological polar surface area (TPSA) is 0 Å². The highest BCUT2D eigenvalue weighted by molar-refractivity contribution is 4.88. The minimum atomic E-state index is -2.38. The van der Waals surface area contributed by atoms with E-state index in [0.29, 0.717) is 6.42 Å². The molecule has 1 unspecified atom stereocenters. The Morgan fingerprint density at radius 3 is 2.33 bits per heavy atom. The Labute approximate surface area is 73.3 Å². The SMILES string of the molecule is CCC(C)(C)C1CCC(F)(F)C1. The third-order valence-electron chi connectivity index (χ3n) is 3.42. The van der Waals surface area contributed by atoms with E-state index in [1.54, 1.807) is 0 Å². The maximum absolute atomic E-state index is 12.9. The van der Waals surface area contributed by atoms with Crippen molar-refractivity contribution in [1.82, 2.24) is 0 Å². The van der Waals surface area contributed by atoms with Crippen LogP contribution in [0.2, 0.25) is 0 Å². The molecule has 0 aliphatic heterocycles. The quantitative estimate of drug-likeness (QED) is 0.599. The first kappa shape index (κ1) is 9.94. The van der Waals surface area contributed by atoms with E-state index in [-0.39, 0.29) is 24.2 Å². The molecule has 0 nitrogen and oxygen atoms in total. The maximum Gasteiger partial charge on any atom is 0.248 e. The molecule has 72 valence electrons. The van der Waals surface area contributed by atoms with Crippen molar-refractivity contribution >= 4 is 0 Å². The van der Waals surface area contributed by atoms with Crippen LogP contribution < -0.4 is 0 Å². The molecule has 0 radical (unpaired) electrons. The predicted molar refractivity (Wildman–Crippen MR) is 46.4 cm³/mol. The molecule has 1 fully saturated rings. The van der Waals surface area contributed by atoms with Crippen molar-refractivity contribution in [2.24, 2.45) is 11.3 Å². The molecule has 2 heteroatoms. The van der Waals surface area contributed by atoms with Gasteiger partial charge in [0.15, 0.2) is 0 Å². The van der Waals surface area contributed by atoms with Crippen LogP contribution in [0.15, 0.2) is 0 Å². The molecule has 1 atom stereocenters. The van der Waals surface area contributed by atoms with Crippen molar-refractivity contribution < 1.29 is 8.78 Å². The molecule has 0 saturated heterocycles. The summed E-state index contributed by atoms with van der Waals surface area (Å²) in [6, 6.07) is 0. The molecule has 12 heavy (non-hydrogen) atoms. The van der Waals surface area contributed by atoms with Gasteiger partial charge in [-0.3, -0.25) is 0 Å². The van der Waals surface area contributed by atoms with Crippen molar-refractivity contribution in [3.63, 3.8) is 0 Å². The number of hydrogen-bond acceptors (Lipinski definition) is 0. The van der Waals surface area contributed by atoms with Gasteiger partial charge in [0.05, 0.1) is 0 Å². The minimum absolute atomic E-state index is 0.0972. The van der Waals surface area contributed by atoms with Gasteiger partial charge in [-0.15, -0.1) is 0 Å². The standard InChI is InChI=1S/C10H18F2/c1-4-9(2,3)8-5-6-10(11,12)7-8/h8H,4-7H2,1-3H3. The van der Waals surface area contributed by atoms with Gasteiger partial charge in [0.2, 0.25) is 5.92 Å². The molecule has 1 aliphatic carbocycles. The lowest BCUT2D eigenvalue weighted by atomic mass is 9.76. The normalized spacial score (nSPS) is 29.2. The monoisotopic (exact) mass is 176 g/mol. The summed E-state index contributed by atoms with van der Waals surface area (Å²) in [4.78, 5) is 0. The summed E-state index contributed by atoms with van der Waals surface area (Å²) in [5.41, 5.74) is 0.0972. The summed E-state index contributed by atoms with van der Waals surface area (Å²) < 4.78 is 25.7. The first-order chi connectivity index (χ1) is 5.37. The Kier molecular flexibility index (Phi) is 2.46. The van der Waals surface area contributed by atoms with Crippen molar-refractivity contribution in [2.45, 2.75) is 52.4 Å². The van der Waals surface area contributed by atoms with Gasteiger partial charge in [0.25, 0.3) is 0 Å². The summed E-state index contributed by atoms with van der Waals surface area (Å²) in [5, 5.41) is 0. The van der Waals surface area contributed by atoms with Crippen LogP contribution in [0.25, 0.3) is 0 Å². The van der Waals surface area contributed by atoms with E-state index in [4.69, 9.17) is 0 Å². The average Bonchev–Trinajstić information content (AvgIpc) is 2.31. The second kappa shape index (κ2) is 2.97. The van der Waals surface area contributed by atoms with Crippen LogP contribution in [0.5, 0.6) is 0 Å². The summed E-state index contributed by atoms with van der Waals surface area (Å²) in [5.74, 6) is -2.16. The zero-order chi connectivity index (χ0) is 9.41. The lowest BCUT2D eigenvalue weighted by Gasteiger charge is -2.30. The van der Waals surface area contributed by atoms with Gasteiger partial charge in [-0.25, -0.2) is 8.78 Å². The summed E-state index contributed by atoms with van der Waals surface area (Å²) in [7, 11) is 0. The highest BCUT2D eigenvalue weighted by Crippen LogP contribution is 2.48. The van der Waals surface area contributed by atoms with Crippen molar-refractivity contribution in [2.75, 3.05) is 0 Å². The van der Waals surface area contributed by atoms with Crippen molar-refractivity contribution in [3.8, 4) is 0 Å². The van der Waals surface area contributed by atoms with Gasteiger partial charge in [-0.05, 0) is 17.8 Å². The van der Waals surface area contributed by atoms with Gasteiger partial charge >= 0.3 is 0 Å². The summed E-state index contributed by atoms with van der Waals surface area (Å²) in [6.45, 7) is 6.27. The summed E-state index contributed by atoms with van der Waals surface area (Å²) >= 11 is 0. The van der Waals surface area contributed by atoms with Crippen LogP contribution in [-0.2, 0) is 0 Å². The first-order valence-corrected chi connectivity index (χ1v) is 4.75. The Bertz CT molecular complexity index is 161. The predicted octanol–water partition coefficient (Wildman–Crippen LogP) is 3.86. The van der Waals surface area contributed by atoms with Crippen LogP contribution in [0, 0.1) is 11.3 Å². The molecule has 0 amide bonds. The third-order valence-corrected chi connectivity index (χ3v) is 3.42. The fourth-order valence-electron chi connectivity index (χ4n) is 1.91. The lowest BCUT2D eigenvalue weighted by molar-refractivity contribution is -0.00228. The minimum Gasteiger partial charge on any atom is -0.207 e. The number of halogens is 2. The molecule has 0 aromatic rings. The van der Waals surface area contributed by atoms with Gasteiger partial charge in [-0.1, -0.05) is 27.2 Å². The van der Waals surface area contributed by atoms with Gasteiger partial charge in [-0.2, -0.15) is 0 Å². The molecular formula is C10H18F2.